The standard InChI is InChI=1S/C14H15N3O3/c1-8(13(18)15-9-6-7-9)20-14(19)12-10-4-2-3-5-11(10)16-17-12/h2-5,8-9H,6-7H2,1H3,(H,15,18)(H,16,17)/t8-/m1/s1. The van der Waals surface area contributed by atoms with E-state index in [1.54, 1.807) is 13.0 Å². The molecule has 6 nitrogen and oxygen atoms in total. The van der Waals surface area contributed by atoms with E-state index >= 15 is 0 Å². The van der Waals surface area contributed by atoms with E-state index in [1.807, 2.05) is 18.2 Å². The number of H-pyrrole nitrogens is 1. The van der Waals surface area contributed by atoms with Crippen molar-refractivity contribution in [3.63, 3.8) is 0 Å². The molecule has 1 aliphatic rings. The molecule has 6 heteroatoms. The van der Waals surface area contributed by atoms with Crippen LogP contribution in [0.4, 0.5) is 0 Å². The molecule has 20 heavy (non-hydrogen) atoms. The topological polar surface area (TPSA) is 84.1 Å². The van der Waals surface area contributed by atoms with Crippen molar-refractivity contribution in [2.75, 3.05) is 0 Å². The number of ether oxygens (including phenoxy) is 1. The highest BCUT2D eigenvalue weighted by Crippen LogP contribution is 2.19. The molecular formula is C14H15N3O3. The molecule has 0 unspecified atom stereocenters. The van der Waals surface area contributed by atoms with Crippen LogP contribution in [0.25, 0.3) is 10.9 Å². The molecule has 1 aliphatic carbocycles. The molecule has 1 fully saturated rings. The highest BCUT2D eigenvalue weighted by molar-refractivity contribution is 6.02. The SMILES string of the molecule is C[C@@H](OC(=O)c1n[nH]c2ccccc12)C(=O)NC1CC1. The van der Waals surface area contributed by atoms with Gasteiger partial charge in [-0.05, 0) is 25.8 Å². The Balaban J connectivity index is 1.70. The van der Waals surface area contributed by atoms with Crippen LogP contribution in [0.2, 0.25) is 0 Å². The first-order valence-electron chi connectivity index (χ1n) is 6.59. The summed E-state index contributed by atoms with van der Waals surface area (Å²) in [4.78, 5) is 23.8. The zero-order valence-corrected chi connectivity index (χ0v) is 11.1. The summed E-state index contributed by atoms with van der Waals surface area (Å²) in [6, 6.07) is 7.51. The van der Waals surface area contributed by atoms with Crippen LogP contribution in [-0.4, -0.2) is 34.2 Å². The number of nitrogens with zero attached hydrogens (tertiary/aromatic N) is 1. The monoisotopic (exact) mass is 273 g/mol. The number of hydrogen-bond donors (Lipinski definition) is 2. The van der Waals surface area contributed by atoms with E-state index in [4.69, 9.17) is 4.74 Å². The van der Waals surface area contributed by atoms with Crippen molar-refractivity contribution < 1.29 is 14.3 Å². The molecule has 3 rings (SSSR count). The Kier molecular flexibility index (Phi) is 3.14. The van der Waals surface area contributed by atoms with Gasteiger partial charge in [0.2, 0.25) is 0 Å². The molecule has 2 aromatic rings. The number of carbonyl (C=O) groups is 2. The van der Waals surface area contributed by atoms with E-state index in [2.05, 4.69) is 15.5 Å². The molecule has 1 heterocycles. The van der Waals surface area contributed by atoms with Gasteiger partial charge in [0, 0.05) is 11.4 Å². The Morgan fingerprint density at radius 2 is 2.15 bits per heavy atom. The largest absolute Gasteiger partial charge is 0.448 e. The molecule has 1 aromatic carbocycles. The normalized spacial score (nSPS) is 15.8. The molecule has 1 saturated carbocycles. The minimum atomic E-state index is -0.821. The summed E-state index contributed by atoms with van der Waals surface area (Å²) in [6.45, 7) is 1.56. The third-order valence-corrected chi connectivity index (χ3v) is 3.24. The van der Waals surface area contributed by atoms with E-state index < -0.39 is 12.1 Å². The second kappa shape index (κ2) is 4.96. The number of aromatic nitrogens is 2. The molecule has 0 spiro atoms. The highest BCUT2D eigenvalue weighted by atomic mass is 16.5. The van der Waals surface area contributed by atoms with Gasteiger partial charge >= 0.3 is 5.97 Å². The molecule has 2 N–H and O–H groups in total. The minimum absolute atomic E-state index is 0.201. The number of hydrogen-bond acceptors (Lipinski definition) is 4. The number of para-hydroxylation sites is 1. The summed E-state index contributed by atoms with van der Waals surface area (Å²) >= 11 is 0. The first-order valence-corrected chi connectivity index (χ1v) is 6.59. The van der Waals surface area contributed by atoms with Gasteiger partial charge in [-0.3, -0.25) is 9.89 Å². The fourth-order valence-corrected chi connectivity index (χ4v) is 1.94. The van der Waals surface area contributed by atoms with Crippen molar-refractivity contribution in [1.29, 1.82) is 0 Å². The Morgan fingerprint density at radius 1 is 1.40 bits per heavy atom. The van der Waals surface area contributed by atoms with Crippen molar-refractivity contribution in [3.05, 3.63) is 30.0 Å². The quantitative estimate of drug-likeness (QED) is 0.824. The zero-order chi connectivity index (χ0) is 14.1. The van der Waals surface area contributed by atoms with E-state index in [1.165, 1.54) is 0 Å². The van der Waals surface area contributed by atoms with Crippen LogP contribution >= 0.6 is 0 Å². The Labute approximate surface area is 115 Å². The average molecular weight is 273 g/mol. The van der Waals surface area contributed by atoms with E-state index in [0.29, 0.717) is 5.39 Å². The summed E-state index contributed by atoms with van der Waals surface area (Å²) in [7, 11) is 0. The van der Waals surface area contributed by atoms with E-state index in [-0.39, 0.29) is 17.6 Å². The molecule has 0 saturated heterocycles. The number of rotatable bonds is 4. The van der Waals surface area contributed by atoms with Crippen LogP contribution in [-0.2, 0) is 9.53 Å². The van der Waals surface area contributed by atoms with E-state index in [9.17, 15) is 9.59 Å². The fourth-order valence-electron chi connectivity index (χ4n) is 1.94. The maximum Gasteiger partial charge on any atom is 0.360 e. The highest BCUT2D eigenvalue weighted by Gasteiger charge is 2.28. The third kappa shape index (κ3) is 2.49. The van der Waals surface area contributed by atoms with Gasteiger partial charge in [0.15, 0.2) is 11.8 Å². The molecular weight excluding hydrogens is 258 g/mol. The van der Waals surface area contributed by atoms with Gasteiger partial charge in [-0.25, -0.2) is 4.79 Å². The zero-order valence-electron chi connectivity index (χ0n) is 11.1. The van der Waals surface area contributed by atoms with Crippen molar-refractivity contribution in [1.82, 2.24) is 15.5 Å². The van der Waals surface area contributed by atoms with Crippen LogP contribution in [0.5, 0.6) is 0 Å². The summed E-state index contributed by atoms with van der Waals surface area (Å²) < 4.78 is 5.16. The second-order valence-corrected chi connectivity index (χ2v) is 4.95. The molecule has 1 atom stereocenters. The molecule has 104 valence electrons. The van der Waals surface area contributed by atoms with E-state index in [0.717, 1.165) is 18.4 Å². The van der Waals surface area contributed by atoms with Gasteiger partial charge in [-0.1, -0.05) is 18.2 Å². The van der Waals surface area contributed by atoms with Gasteiger partial charge in [-0.15, -0.1) is 0 Å². The summed E-state index contributed by atoms with van der Waals surface area (Å²) in [5, 5.41) is 10.2. The van der Waals surface area contributed by atoms with Crippen LogP contribution in [0.3, 0.4) is 0 Å². The second-order valence-electron chi connectivity index (χ2n) is 4.95. The van der Waals surface area contributed by atoms with Crippen molar-refractivity contribution in [2.24, 2.45) is 0 Å². The predicted octanol–water partition coefficient (Wildman–Crippen LogP) is 1.39. The van der Waals surface area contributed by atoms with Gasteiger partial charge in [0.05, 0.1) is 5.52 Å². The maximum atomic E-state index is 12.1. The summed E-state index contributed by atoms with van der Waals surface area (Å²) in [5.74, 6) is -0.860. The minimum Gasteiger partial charge on any atom is -0.448 e. The van der Waals surface area contributed by atoms with Crippen molar-refractivity contribution in [2.45, 2.75) is 31.9 Å². The number of aromatic amines is 1. The lowest BCUT2D eigenvalue weighted by Gasteiger charge is -2.12. The lowest BCUT2D eigenvalue weighted by Crippen LogP contribution is -2.37. The molecule has 0 radical (unpaired) electrons. The van der Waals surface area contributed by atoms with Crippen LogP contribution in [0.1, 0.15) is 30.3 Å². The predicted molar refractivity (Wildman–Crippen MR) is 72.1 cm³/mol. The summed E-state index contributed by atoms with van der Waals surface area (Å²) in [5.41, 5.74) is 0.959. The molecule has 0 bridgehead atoms. The van der Waals surface area contributed by atoms with Gasteiger partial charge in [-0.2, -0.15) is 5.10 Å². The van der Waals surface area contributed by atoms with Gasteiger partial charge in [0.1, 0.15) is 0 Å². The first-order chi connectivity index (χ1) is 9.65. The van der Waals surface area contributed by atoms with Gasteiger partial charge in [0.25, 0.3) is 5.91 Å². The number of fused-ring (bicyclic) bond motifs is 1. The Morgan fingerprint density at radius 3 is 2.90 bits per heavy atom. The maximum absolute atomic E-state index is 12.1. The lowest BCUT2D eigenvalue weighted by molar-refractivity contribution is -0.129. The van der Waals surface area contributed by atoms with Crippen molar-refractivity contribution >= 4 is 22.8 Å². The number of amides is 1. The molecule has 0 aliphatic heterocycles. The summed E-state index contributed by atoms with van der Waals surface area (Å²) in [6.07, 6.45) is 1.17. The lowest BCUT2D eigenvalue weighted by atomic mass is 10.2. The van der Waals surface area contributed by atoms with Crippen molar-refractivity contribution in [3.8, 4) is 0 Å². The fraction of sp³-hybridized carbons (Fsp3) is 0.357. The first kappa shape index (κ1) is 12.7. The van der Waals surface area contributed by atoms with Gasteiger partial charge < -0.3 is 10.1 Å². The number of esters is 1. The Hall–Kier alpha value is -2.37. The third-order valence-electron chi connectivity index (χ3n) is 3.24. The smallest absolute Gasteiger partial charge is 0.360 e. The molecule has 1 aromatic heterocycles. The number of benzene rings is 1. The number of nitrogens with one attached hydrogen (secondary N) is 2. The molecule has 1 amide bonds. The van der Waals surface area contributed by atoms with Crippen LogP contribution < -0.4 is 5.32 Å². The average Bonchev–Trinajstić information content (AvgIpc) is 3.14. The number of carbonyl (C=O) groups excluding carboxylic acids is 2. The Bertz CT molecular complexity index is 660. The van der Waals surface area contributed by atoms with Crippen LogP contribution in [0.15, 0.2) is 24.3 Å². The van der Waals surface area contributed by atoms with Crippen LogP contribution in [0, 0.1) is 0 Å².